The first-order valence-electron chi connectivity index (χ1n) is 18.7. The van der Waals surface area contributed by atoms with E-state index in [4.69, 9.17) is 4.74 Å². The minimum atomic E-state index is -5.44. The van der Waals surface area contributed by atoms with Gasteiger partial charge in [0.15, 0.2) is 11.6 Å². The highest BCUT2D eigenvalue weighted by molar-refractivity contribution is 7.86. The van der Waals surface area contributed by atoms with E-state index in [2.05, 4.69) is 57.7 Å². The molecule has 9 heteroatoms. The lowest BCUT2D eigenvalue weighted by molar-refractivity contribution is 0.453. The first-order valence-corrected chi connectivity index (χ1v) is 20.1. The molecule has 0 unspecified atom stereocenters. The predicted octanol–water partition coefficient (Wildman–Crippen LogP) is 10.5. The van der Waals surface area contributed by atoms with Gasteiger partial charge in [-0.1, -0.05) is 92.2 Å². The number of anilines is 1. The van der Waals surface area contributed by atoms with Crippen LogP contribution >= 0.6 is 0 Å². The van der Waals surface area contributed by atoms with Crippen LogP contribution in [0.4, 0.5) is 18.9 Å². The van der Waals surface area contributed by atoms with Gasteiger partial charge in [-0.25, -0.2) is 13.2 Å². The van der Waals surface area contributed by atoms with E-state index < -0.39 is 49.0 Å². The monoisotopic (exact) mass is 779 g/mol. The van der Waals surface area contributed by atoms with Crippen molar-refractivity contribution in [1.82, 2.24) is 0 Å². The van der Waals surface area contributed by atoms with Crippen LogP contribution in [0.5, 0.6) is 11.5 Å². The summed E-state index contributed by atoms with van der Waals surface area (Å²) in [4.78, 5) is 0.779. The van der Waals surface area contributed by atoms with E-state index in [1.807, 2.05) is 73.8 Å². The Morgan fingerprint density at radius 2 is 1.26 bits per heavy atom. The van der Waals surface area contributed by atoms with Gasteiger partial charge in [0.25, 0.3) is 10.1 Å². The number of fused-ring (bicyclic) bond motifs is 12. The van der Waals surface area contributed by atoms with Gasteiger partial charge in [-0.15, -0.1) is 0 Å². The van der Waals surface area contributed by atoms with Gasteiger partial charge in [0, 0.05) is 57.8 Å². The Balaban J connectivity index is 1.39. The van der Waals surface area contributed by atoms with Gasteiger partial charge >= 0.3 is 0 Å². The van der Waals surface area contributed by atoms with Crippen molar-refractivity contribution in [2.45, 2.75) is 50.5 Å². The second-order valence-corrected chi connectivity index (χ2v) is 17.7. The molecule has 7 aromatic rings. The van der Waals surface area contributed by atoms with Crippen molar-refractivity contribution in [3.05, 3.63) is 153 Å². The second-order valence-electron chi connectivity index (χ2n) is 16.4. The maximum Gasteiger partial charge on any atom is 0.298 e. The number of benzene rings is 7. The maximum atomic E-state index is 16.6. The topological polar surface area (TPSA) is 66.8 Å². The van der Waals surface area contributed by atoms with Gasteiger partial charge < -0.3 is 9.64 Å². The third kappa shape index (κ3) is 4.76. The molecule has 0 atom stereocenters. The molecule has 0 aromatic heterocycles. The summed E-state index contributed by atoms with van der Waals surface area (Å²) in [5.41, 5.74) is 5.45. The summed E-state index contributed by atoms with van der Waals surface area (Å²) < 4.78 is 91.2. The van der Waals surface area contributed by atoms with Crippen molar-refractivity contribution in [2.75, 3.05) is 11.9 Å². The van der Waals surface area contributed by atoms with E-state index in [0.717, 1.165) is 71.4 Å². The lowest BCUT2D eigenvalue weighted by atomic mass is 9.68. The molecular formula is C48H36F3NO4S. The number of rotatable bonds is 2. The second kappa shape index (κ2) is 11.6. The molecule has 1 aliphatic carbocycles. The van der Waals surface area contributed by atoms with Crippen LogP contribution in [0.25, 0.3) is 54.9 Å². The number of hydrogen-bond donors (Lipinski definition) is 1. The first kappa shape index (κ1) is 35.5. The third-order valence-corrected chi connectivity index (χ3v) is 13.7. The number of halogens is 3. The molecule has 0 fully saturated rings. The highest BCUT2D eigenvalue weighted by Gasteiger charge is 2.40. The summed E-state index contributed by atoms with van der Waals surface area (Å²) in [6.45, 7) is 10.6. The Morgan fingerprint density at radius 1 is 0.649 bits per heavy atom. The molecule has 1 N–H and O–H groups in total. The largest absolute Gasteiger partial charge is 0.456 e. The zero-order valence-corrected chi connectivity index (χ0v) is 32.8. The average Bonchev–Trinajstić information content (AvgIpc) is 3.17. The molecule has 2 aliphatic heterocycles. The predicted molar refractivity (Wildman–Crippen MR) is 219 cm³/mol. The zero-order valence-electron chi connectivity index (χ0n) is 32.0. The zero-order chi connectivity index (χ0) is 40.1. The molecule has 0 amide bonds. The first-order chi connectivity index (χ1) is 27.0. The summed E-state index contributed by atoms with van der Waals surface area (Å²) in [6.07, 6.45) is 0. The lowest BCUT2D eigenvalue weighted by Crippen LogP contribution is -2.42. The van der Waals surface area contributed by atoms with Gasteiger partial charge in [0.1, 0.15) is 22.2 Å². The third-order valence-electron chi connectivity index (χ3n) is 12.8. The molecule has 284 valence electrons. The van der Waals surface area contributed by atoms with Gasteiger partial charge in [0.05, 0.1) is 5.54 Å². The standard InChI is InChI=1S/C48H36F3NO4S/c1-24-31-21-39-34(19-32(31)29-17-15-25-11-7-9-13-27(25)43(29)47(24,2)3)41(42-45(51)36(49)22-37(50)46(42)57(53,54)55)35-20-33-30-18-16-26-12-8-10-14-28(26)44(30)48(4,5)52(6)38(33)23-40(35)56-39/h7-23H,1-6H3,(H,53,54,55). The molecule has 0 spiro atoms. The summed E-state index contributed by atoms with van der Waals surface area (Å²) in [6, 6.07) is 31.7. The Labute approximate surface area is 327 Å². The molecule has 2 heterocycles. The summed E-state index contributed by atoms with van der Waals surface area (Å²) in [5.74, 6) is -4.37. The fourth-order valence-electron chi connectivity index (χ4n) is 9.64. The highest BCUT2D eigenvalue weighted by atomic mass is 32.2. The average molecular weight is 780 g/mol. The summed E-state index contributed by atoms with van der Waals surface area (Å²) in [7, 11) is -3.46. The van der Waals surface area contributed by atoms with Crippen LogP contribution in [0.2, 0.25) is 0 Å². The van der Waals surface area contributed by atoms with Crippen molar-refractivity contribution in [3.63, 3.8) is 0 Å². The molecule has 5 nitrogen and oxygen atoms in total. The van der Waals surface area contributed by atoms with Crippen molar-refractivity contribution in [2.24, 2.45) is 0 Å². The maximum absolute atomic E-state index is 16.6. The van der Waals surface area contributed by atoms with Gasteiger partial charge in [0.2, 0.25) is 0 Å². The smallest absolute Gasteiger partial charge is 0.298 e. The molecule has 0 bridgehead atoms. The SMILES string of the molecule is CC1=c2cc3c(cc2-c2ccc4ccccc4c2C1(C)C)=C(c1c(F)c(F)cc(F)c1S(=O)(=O)O)c1cc2c(cc1O3)N(C)C(C)(C)c1c-2ccc2ccccc12. The van der Waals surface area contributed by atoms with Crippen molar-refractivity contribution in [3.8, 4) is 33.8 Å². The Kier molecular flexibility index (Phi) is 7.22. The molecule has 0 saturated heterocycles. The minimum absolute atomic E-state index is 0.125. The van der Waals surface area contributed by atoms with Crippen LogP contribution in [0.3, 0.4) is 0 Å². The summed E-state index contributed by atoms with van der Waals surface area (Å²) >= 11 is 0. The minimum Gasteiger partial charge on any atom is -0.456 e. The lowest BCUT2D eigenvalue weighted by Gasteiger charge is -2.45. The molecular weight excluding hydrogens is 744 g/mol. The Morgan fingerprint density at radius 3 is 1.91 bits per heavy atom. The van der Waals surface area contributed by atoms with Crippen molar-refractivity contribution < 1.29 is 30.9 Å². The van der Waals surface area contributed by atoms with Crippen LogP contribution in [0.1, 0.15) is 56.9 Å². The fourth-order valence-corrected chi connectivity index (χ4v) is 10.4. The molecule has 0 radical (unpaired) electrons. The van der Waals surface area contributed by atoms with Crippen LogP contribution in [0, 0.1) is 17.5 Å². The summed E-state index contributed by atoms with van der Waals surface area (Å²) in [5, 5.41) is 5.29. The molecule has 0 saturated carbocycles. The van der Waals surface area contributed by atoms with E-state index >= 15 is 13.2 Å². The van der Waals surface area contributed by atoms with E-state index in [9.17, 15) is 13.0 Å². The Hall–Kier alpha value is -5.90. The fraction of sp³-hybridized carbons (Fsp3) is 0.167. The number of hydrogen-bond acceptors (Lipinski definition) is 4. The normalized spacial score (nSPS) is 16.0. The van der Waals surface area contributed by atoms with Gasteiger partial charge in [-0.2, -0.15) is 8.42 Å². The van der Waals surface area contributed by atoms with E-state index in [-0.39, 0.29) is 33.9 Å². The van der Waals surface area contributed by atoms with Crippen LogP contribution in [-0.2, 0) is 21.1 Å². The van der Waals surface area contributed by atoms with E-state index in [0.29, 0.717) is 0 Å². The molecule has 57 heavy (non-hydrogen) atoms. The molecule has 10 rings (SSSR count). The van der Waals surface area contributed by atoms with Crippen molar-refractivity contribution in [1.29, 1.82) is 0 Å². The van der Waals surface area contributed by atoms with Gasteiger partial charge in [-0.3, -0.25) is 4.55 Å². The molecule has 3 aliphatic rings. The van der Waals surface area contributed by atoms with Crippen molar-refractivity contribution >= 4 is 48.5 Å². The van der Waals surface area contributed by atoms with Crippen LogP contribution < -0.4 is 20.1 Å². The highest BCUT2D eigenvalue weighted by Crippen LogP contribution is 2.54. The van der Waals surface area contributed by atoms with E-state index in [1.54, 1.807) is 12.1 Å². The quantitative estimate of drug-likeness (QED) is 0.140. The number of ether oxygens (including phenoxy) is 1. The van der Waals surface area contributed by atoms with Crippen LogP contribution in [0.15, 0.2) is 108 Å². The Bertz CT molecular complexity index is 3260. The molecule has 7 aromatic carbocycles. The van der Waals surface area contributed by atoms with E-state index in [1.165, 1.54) is 0 Å². The number of nitrogens with zero attached hydrogens (tertiary/aromatic N) is 1. The van der Waals surface area contributed by atoms with Crippen LogP contribution in [-0.4, -0.2) is 20.0 Å². The van der Waals surface area contributed by atoms with Gasteiger partial charge in [-0.05, 0) is 93.6 Å².